The molecular weight excluding hydrogens is 393 g/mol. The van der Waals surface area contributed by atoms with Gasteiger partial charge in [0.1, 0.15) is 0 Å². The van der Waals surface area contributed by atoms with Crippen LogP contribution in [0.5, 0.6) is 0 Å². The van der Waals surface area contributed by atoms with Crippen LogP contribution < -0.4 is 5.32 Å². The second-order valence-electron chi connectivity index (χ2n) is 5.68. The predicted molar refractivity (Wildman–Crippen MR) is 86.2 cm³/mol. The lowest BCUT2D eigenvalue weighted by molar-refractivity contribution is -0.141. The van der Waals surface area contributed by atoms with E-state index in [9.17, 15) is 26.3 Å². The fourth-order valence-corrected chi connectivity index (χ4v) is 3.07. The predicted octanol–water partition coefficient (Wildman–Crippen LogP) is 5.07. The summed E-state index contributed by atoms with van der Waals surface area (Å²) in [5.74, 6) is 0. The molecule has 1 aliphatic heterocycles. The number of nitrogens with zero attached hydrogens (tertiary/aromatic N) is 1. The monoisotopic (exact) mass is 410 g/mol. The number of benzene rings is 1. The van der Waals surface area contributed by atoms with Gasteiger partial charge in [-0.3, -0.25) is 4.90 Å². The van der Waals surface area contributed by atoms with Gasteiger partial charge < -0.3 is 5.32 Å². The largest absolute Gasteiger partial charge is 0.416 e. The molecule has 1 aromatic carbocycles. The van der Waals surface area contributed by atoms with E-state index in [1.54, 1.807) is 4.90 Å². The highest BCUT2D eigenvalue weighted by Crippen LogP contribution is 2.40. The van der Waals surface area contributed by atoms with Gasteiger partial charge in [-0.2, -0.15) is 26.3 Å². The zero-order valence-corrected chi connectivity index (χ0v) is 14.6. The van der Waals surface area contributed by atoms with Gasteiger partial charge in [-0.15, -0.1) is 12.4 Å². The summed E-state index contributed by atoms with van der Waals surface area (Å²) in [7, 11) is 0. The van der Waals surface area contributed by atoms with E-state index >= 15 is 0 Å². The third-order valence-corrected chi connectivity index (χ3v) is 4.21. The van der Waals surface area contributed by atoms with E-state index in [1.165, 1.54) is 12.1 Å². The molecule has 1 heterocycles. The molecule has 0 amide bonds. The Morgan fingerprint density at radius 3 is 2.20 bits per heavy atom. The van der Waals surface area contributed by atoms with Crippen molar-refractivity contribution in [2.24, 2.45) is 0 Å². The van der Waals surface area contributed by atoms with Gasteiger partial charge in [-0.1, -0.05) is 17.7 Å². The summed E-state index contributed by atoms with van der Waals surface area (Å²) in [5.41, 5.74) is -1.13. The summed E-state index contributed by atoms with van der Waals surface area (Å²) in [6.07, 6.45) is -10.7. The van der Waals surface area contributed by atoms with Crippen LogP contribution in [0.1, 0.15) is 30.0 Å². The molecule has 0 saturated carbocycles. The maximum Gasteiger partial charge on any atom is 0.416 e. The molecule has 10 heteroatoms. The zero-order chi connectivity index (χ0) is 18.0. The van der Waals surface area contributed by atoms with Crippen LogP contribution in [0.3, 0.4) is 0 Å². The minimum Gasteiger partial charge on any atom is -0.314 e. The maximum absolute atomic E-state index is 13.3. The van der Waals surface area contributed by atoms with Crippen molar-refractivity contribution >= 4 is 24.0 Å². The van der Waals surface area contributed by atoms with E-state index in [-0.39, 0.29) is 23.0 Å². The van der Waals surface area contributed by atoms with Crippen LogP contribution in [0.2, 0.25) is 5.02 Å². The average molecular weight is 411 g/mol. The van der Waals surface area contributed by atoms with Crippen molar-refractivity contribution < 1.29 is 26.3 Å². The van der Waals surface area contributed by atoms with Gasteiger partial charge in [0, 0.05) is 43.7 Å². The Morgan fingerprint density at radius 1 is 1.08 bits per heavy atom. The molecule has 2 rings (SSSR count). The molecule has 0 bridgehead atoms. The lowest BCUT2D eigenvalue weighted by Gasteiger charge is -2.36. The quantitative estimate of drug-likeness (QED) is 0.697. The van der Waals surface area contributed by atoms with Gasteiger partial charge in [-0.05, 0) is 24.1 Å². The van der Waals surface area contributed by atoms with Crippen LogP contribution in [-0.4, -0.2) is 37.3 Å². The summed E-state index contributed by atoms with van der Waals surface area (Å²) < 4.78 is 77.8. The lowest BCUT2D eigenvalue weighted by Crippen LogP contribution is -2.45. The van der Waals surface area contributed by atoms with Crippen molar-refractivity contribution in [3.63, 3.8) is 0 Å². The number of nitrogens with one attached hydrogen (secondary N) is 1. The van der Waals surface area contributed by atoms with Gasteiger partial charge in [0.2, 0.25) is 0 Å². The molecule has 0 unspecified atom stereocenters. The van der Waals surface area contributed by atoms with Crippen molar-refractivity contribution in [3.8, 4) is 0 Å². The number of rotatable bonds is 4. The molecule has 1 atom stereocenters. The van der Waals surface area contributed by atoms with E-state index in [0.29, 0.717) is 26.2 Å². The minimum absolute atomic E-state index is 0. The van der Waals surface area contributed by atoms with Crippen molar-refractivity contribution in [2.75, 3.05) is 26.2 Å². The third kappa shape index (κ3) is 6.51. The normalized spacial score (nSPS) is 17.9. The Labute approximate surface area is 152 Å². The number of piperazine rings is 1. The van der Waals surface area contributed by atoms with Crippen LogP contribution in [0.4, 0.5) is 26.3 Å². The highest BCUT2D eigenvalue weighted by Gasteiger charge is 2.38. The Hall–Kier alpha value is -0.700. The Bertz CT molecular complexity index is 556. The van der Waals surface area contributed by atoms with E-state index in [2.05, 4.69) is 5.32 Å². The van der Waals surface area contributed by atoms with Crippen LogP contribution in [0, 0.1) is 0 Å². The topological polar surface area (TPSA) is 15.3 Å². The van der Waals surface area contributed by atoms with E-state index in [1.807, 2.05) is 0 Å². The number of hydrogen-bond donors (Lipinski definition) is 1. The van der Waals surface area contributed by atoms with Crippen molar-refractivity contribution in [2.45, 2.75) is 31.2 Å². The first-order valence-electron chi connectivity index (χ1n) is 7.46. The van der Waals surface area contributed by atoms with E-state index < -0.39 is 36.8 Å². The van der Waals surface area contributed by atoms with Gasteiger partial charge in [0.15, 0.2) is 0 Å². The minimum atomic E-state index is -4.68. The summed E-state index contributed by atoms with van der Waals surface area (Å²) in [6.45, 7) is 1.83. The van der Waals surface area contributed by atoms with Gasteiger partial charge in [-0.25, -0.2) is 0 Å². The maximum atomic E-state index is 13.3. The second kappa shape index (κ2) is 8.79. The van der Waals surface area contributed by atoms with Crippen molar-refractivity contribution in [1.29, 1.82) is 0 Å². The molecule has 1 N–H and O–H groups in total. The average Bonchev–Trinajstić information content (AvgIpc) is 2.47. The SMILES string of the molecule is Cl.FC(F)(F)CC[C@H](c1ccc(Cl)cc1C(F)(F)F)N1CCNCC1. The first-order valence-corrected chi connectivity index (χ1v) is 7.84. The van der Waals surface area contributed by atoms with E-state index in [0.717, 1.165) is 6.07 Å². The lowest BCUT2D eigenvalue weighted by atomic mass is 9.94. The van der Waals surface area contributed by atoms with Crippen molar-refractivity contribution in [3.05, 3.63) is 34.3 Å². The third-order valence-electron chi connectivity index (χ3n) is 3.97. The first-order chi connectivity index (χ1) is 11.1. The van der Waals surface area contributed by atoms with Crippen LogP contribution in [-0.2, 0) is 6.18 Å². The van der Waals surface area contributed by atoms with Gasteiger partial charge in [0.05, 0.1) is 5.56 Å². The standard InChI is InChI=1S/C15H17ClF6N2.ClH/c16-10-1-2-11(12(9-10)15(20,21)22)13(3-4-14(17,18)19)24-7-5-23-6-8-24;/h1-2,9,13,23H,3-8H2;1H/t13-;/m1./s1. The smallest absolute Gasteiger partial charge is 0.314 e. The molecule has 1 aliphatic rings. The molecule has 144 valence electrons. The Kier molecular flexibility index (Phi) is 7.86. The molecule has 1 aromatic rings. The van der Waals surface area contributed by atoms with Crippen LogP contribution >= 0.6 is 24.0 Å². The number of halogens is 8. The van der Waals surface area contributed by atoms with E-state index in [4.69, 9.17) is 11.6 Å². The fraction of sp³-hybridized carbons (Fsp3) is 0.600. The van der Waals surface area contributed by atoms with Crippen LogP contribution in [0.25, 0.3) is 0 Å². The summed E-state index contributed by atoms with van der Waals surface area (Å²) in [6, 6.07) is 2.30. The molecule has 0 radical (unpaired) electrons. The molecule has 1 fully saturated rings. The summed E-state index contributed by atoms with van der Waals surface area (Å²) >= 11 is 5.66. The highest BCUT2D eigenvalue weighted by atomic mass is 35.5. The molecule has 25 heavy (non-hydrogen) atoms. The molecule has 1 saturated heterocycles. The molecule has 0 aliphatic carbocycles. The summed E-state index contributed by atoms with van der Waals surface area (Å²) in [4.78, 5) is 1.67. The molecule has 0 aromatic heterocycles. The van der Waals surface area contributed by atoms with Crippen LogP contribution in [0.15, 0.2) is 18.2 Å². The first kappa shape index (κ1) is 22.3. The molecular formula is C15H18Cl2F6N2. The summed E-state index contributed by atoms with van der Waals surface area (Å²) in [5, 5.41) is 2.94. The second-order valence-corrected chi connectivity index (χ2v) is 6.12. The van der Waals surface area contributed by atoms with Gasteiger partial charge in [0.25, 0.3) is 0 Å². The number of alkyl halides is 6. The Morgan fingerprint density at radius 2 is 1.68 bits per heavy atom. The Balaban J connectivity index is 0.00000312. The molecule has 0 spiro atoms. The van der Waals surface area contributed by atoms with Gasteiger partial charge >= 0.3 is 12.4 Å². The molecule has 2 nitrogen and oxygen atoms in total. The highest BCUT2D eigenvalue weighted by molar-refractivity contribution is 6.30. The number of hydrogen-bond acceptors (Lipinski definition) is 2. The zero-order valence-electron chi connectivity index (χ0n) is 13.1. The van der Waals surface area contributed by atoms with Crippen molar-refractivity contribution in [1.82, 2.24) is 10.2 Å². The fourth-order valence-electron chi connectivity index (χ4n) is 2.89.